The highest BCUT2D eigenvalue weighted by Crippen LogP contribution is 2.13. The number of hydrogen-bond donors (Lipinski definition) is 1. The Kier molecular flexibility index (Phi) is 5.82. The average molecular weight is 308 g/mol. The van der Waals surface area contributed by atoms with Gasteiger partial charge >= 0.3 is 0 Å². The van der Waals surface area contributed by atoms with Gasteiger partial charge in [0, 0.05) is 24.7 Å². The van der Waals surface area contributed by atoms with Gasteiger partial charge in [-0.1, -0.05) is 13.8 Å². The van der Waals surface area contributed by atoms with Gasteiger partial charge < -0.3 is 4.57 Å². The Morgan fingerprint density at radius 2 is 2.11 bits per heavy atom. The van der Waals surface area contributed by atoms with E-state index in [1.165, 1.54) is 0 Å². The largest absolute Gasteiger partial charge is 0.334 e. The van der Waals surface area contributed by atoms with Gasteiger partial charge in [0.1, 0.15) is 5.82 Å². The van der Waals surface area contributed by atoms with E-state index in [9.17, 15) is 8.42 Å². The molecule has 0 amide bonds. The summed E-state index contributed by atoms with van der Waals surface area (Å²) in [4.78, 5) is 4.09. The number of rotatable bonds is 7. The Labute approximate surface area is 120 Å². The lowest BCUT2D eigenvalue weighted by Crippen LogP contribution is -2.37. The van der Waals surface area contributed by atoms with Gasteiger partial charge in [-0.25, -0.2) is 18.1 Å². The summed E-state index contributed by atoms with van der Waals surface area (Å²) >= 11 is 5.82. The molecule has 7 heteroatoms. The summed E-state index contributed by atoms with van der Waals surface area (Å²) in [5, 5.41) is 0.0609. The van der Waals surface area contributed by atoms with Crippen LogP contribution in [0.25, 0.3) is 0 Å². The molecule has 0 aliphatic rings. The second-order valence-corrected chi connectivity index (χ2v) is 6.98. The molecule has 1 aromatic heterocycles. The van der Waals surface area contributed by atoms with E-state index in [0.717, 1.165) is 0 Å². The van der Waals surface area contributed by atoms with Crippen molar-refractivity contribution in [1.29, 1.82) is 0 Å². The molecule has 1 rings (SSSR count). The van der Waals surface area contributed by atoms with Gasteiger partial charge in [-0.05, 0) is 26.2 Å². The van der Waals surface area contributed by atoms with Crippen LogP contribution in [-0.2, 0) is 16.6 Å². The van der Waals surface area contributed by atoms with E-state index in [4.69, 9.17) is 11.6 Å². The molecular formula is C12H22ClN3O2S. The topological polar surface area (TPSA) is 64.0 Å². The van der Waals surface area contributed by atoms with Crippen molar-refractivity contribution in [3.05, 3.63) is 12.0 Å². The molecule has 0 radical (unpaired) electrons. The summed E-state index contributed by atoms with van der Waals surface area (Å²) in [7, 11) is -3.60. The first-order valence-corrected chi connectivity index (χ1v) is 8.44. The number of aromatic nitrogens is 2. The Balaban J connectivity index is 2.90. The van der Waals surface area contributed by atoms with Gasteiger partial charge in [-0.2, -0.15) is 0 Å². The highest BCUT2D eigenvalue weighted by molar-refractivity contribution is 7.89. The zero-order chi connectivity index (χ0) is 14.6. The molecule has 0 aromatic carbocycles. The molecule has 1 heterocycles. The molecule has 1 aromatic rings. The van der Waals surface area contributed by atoms with E-state index in [-0.39, 0.29) is 16.9 Å². The maximum atomic E-state index is 12.2. The molecule has 5 nitrogen and oxygen atoms in total. The standard InChI is InChI=1S/C12H22ClN3O2S/c1-5-16-8-12(14-10(16)4)19(17,18)15-11(7-13)6-9(2)3/h8-9,11,15H,5-7H2,1-4H3. The van der Waals surface area contributed by atoms with Gasteiger partial charge in [0.25, 0.3) is 10.0 Å². The molecule has 0 saturated heterocycles. The smallest absolute Gasteiger partial charge is 0.259 e. The normalized spacial score (nSPS) is 14.0. The Morgan fingerprint density at radius 1 is 1.47 bits per heavy atom. The highest BCUT2D eigenvalue weighted by Gasteiger charge is 2.23. The lowest BCUT2D eigenvalue weighted by Gasteiger charge is -2.17. The zero-order valence-electron chi connectivity index (χ0n) is 11.9. The molecule has 0 aliphatic carbocycles. The number of nitrogens with one attached hydrogen (secondary N) is 1. The van der Waals surface area contributed by atoms with Crippen LogP contribution in [0.2, 0.25) is 0 Å². The van der Waals surface area contributed by atoms with Crippen molar-refractivity contribution in [2.24, 2.45) is 5.92 Å². The first kappa shape index (κ1) is 16.5. The molecule has 0 aliphatic heterocycles. The van der Waals surface area contributed by atoms with Crippen LogP contribution in [0.5, 0.6) is 0 Å². The minimum absolute atomic E-state index is 0.0609. The summed E-state index contributed by atoms with van der Waals surface area (Å²) in [6, 6.07) is -0.265. The molecule has 0 bridgehead atoms. The number of imidazole rings is 1. The SMILES string of the molecule is CCn1cc(S(=O)(=O)NC(CCl)CC(C)C)nc1C. The molecule has 0 fully saturated rings. The molecule has 0 saturated carbocycles. The van der Waals surface area contributed by atoms with E-state index in [1.807, 2.05) is 20.8 Å². The summed E-state index contributed by atoms with van der Waals surface area (Å²) in [6.07, 6.45) is 2.26. The van der Waals surface area contributed by atoms with Crippen molar-refractivity contribution < 1.29 is 8.42 Å². The van der Waals surface area contributed by atoms with E-state index < -0.39 is 10.0 Å². The van der Waals surface area contributed by atoms with Crippen molar-refractivity contribution in [2.45, 2.75) is 51.7 Å². The Hall–Kier alpha value is -0.590. The third kappa shape index (κ3) is 4.47. The molecule has 0 spiro atoms. The summed E-state index contributed by atoms with van der Waals surface area (Å²) in [5.41, 5.74) is 0. The number of nitrogens with zero attached hydrogens (tertiary/aromatic N) is 2. The predicted octanol–water partition coefficient (Wildman–Crippen LogP) is 2.14. The number of alkyl halides is 1. The maximum absolute atomic E-state index is 12.2. The van der Waals surface area contributed by atoms with Crippen molar-refractivity contribution in [2.75, 3.05) is 5.88 Å². The Morgan fingerprint density at radius 3 is 2.53 bits per heavy atom. The fraction of sp³-hybridized carbons (Fsp3) is 0.750. The molecule has 110 valence electrons. The highest BCUT2D eigenvalue weighted by atomic mass is 35.5. The van der Waals surface area contributed by atoms with Crippen LogP contribution >= 0.6 is 11.6 Å². The number of aryl methyl sites for hydroxylation is 2. The van der Waals surface area contributed by atoms with Crippen LogP contribution < -0.4 is 4.72 Å². The number of sulfonamides is 1. The molecule has 1 unspecified atom stereocenters. The fourth-order valence-corrected chi connectivity index (χ4v) is 3.47. The predicted molar refractivity (Wildman–Crippen MR) is 76.9 cm³/mol. The first-order valence-electron chi connectivity index (χ1n) is 6.42. The Bertz CT molecular complexity index is 511. The number of halogens is 1. The quantitative estimate of drug-likeness (QED) is 0.785. The molecule has 19 heavy (non-hydrogen) atoms. The molecular weight excluding hydrogens is 286 g/mol. The third-order valence-electron chi connectivity index (χ3n) is 2.83. The monoisotopic (exact) mass is 307 g/mol. The third-order valence-corrected chi connectivity index (χ3v) is 4.60. The van der Waals surface area contributed by atoms with Crippen molar-refractivity contribution in [3.63, 3.8) is 0 Å². The van der Waals surface area contributed by atoms with E-state index in [1.54, 1.807) is 17.7 Å². The lowest BCUT2D eigenvalue weighted by atomic mass is 10.1. The first-order chi connectivity index (χ1) is 8.80. The molecule has 1 N–H and O–H groups in total. The zero-order valence-corrected chi connectivity index (χ0v) is 13.4. The minimum Gasteiger partial charge on any atom is -0.334 e. The van der Waals surface area contributed by atoms with E-state index >= 15 is 0 Å². The van der Waals surface area contributed by atoms with Crippen LogP contribution in [0.1, 0.15) is 33.0 Å². The van der Waals surface area contributed by atoms with Crippen molar-refractivity contribution in [3.8, 4) is 0 Å². The molecule has 1 atom stereocenters. The van der Waals surface area contributed by atoms with Crippen LogP contribution in [0.4, 0.5) is 0 Å². The maximum Gasteiger partial charge on any atom is 0.259 e. The van der Waals surface area contributed by atoms with E-state index in [0.29, 0.717) is 24.7 Å². The second-order valence-electron chi connectivity index (χ2n) is 5.01. The number of hydrogen-bond acceptors (Lipinski definition) is 3. The summed E-state index contributed by atoms with van der Waals surface area (Å²) < 4.78 is 28.9. The van der Waals surface area contributed by atoms with Gasteiger partial charge in [0.15, 0.2) is 5.03 Å². The van der Waals surface area contributed by atoms with Crippen LogP contribution in [-0.4, -0.2) is 29.9 Å². The lowest BCUT2D eigenvalue weighted by molar-refractivity contribution is 0.484. The van der Waals surface area contributed by atoms with Gasteiger partial charge in [0.2, 0.25) is 0 Å². The average Bonchev–Trinajstić information content (AvgIpc) is 2.69. The van der Waals surface area contributed by atoms with Gasteiger partial charge in [-0.3, -0.25) is 0 Å². The van der Waals surface area contributed by atoms with Gasteiger partial charge in [0.05, 0.1) is 0 Å². The van der Waals surface area contributed by atoms with Crippen LogP contribution in [0, 0.1) is 12.8 Å². The minimum atomic E-state index is -3.60. The summed E-state index contributed by atoms with van der Waals surface area (Å²) in [6.45, 7) is 8.49. The second kappa shape index (κ2) is 6.72. The van der Waals surface area contributed by atoms with Crippen LogP contribution in [0.15, 0.2) is 11.2 Å². The van der Waals surface area contributed by atoms with Crippen LogP contribution in [0.3, 0.4) is 0 Å². The fourth-order valence-electron chi connectivity index (χ4n) is 1.92. The van der Waals surface area contributed by atoms with E-state index in [2.05, 4.69) is 9.71 Å². The van der Waals surface area contributed by atoms with Gasteiger partial charge in [-0.15, -0.1) is 11.6 Å². The van der Waals surface area contributed by atoms with Crippen molar-refractivity contribution >= 4 is 21.6 Å². The summed E-state index contributed by atoms with van der Waals surface area (Å²) in [5.74, 6) is 1.32. The van der Waals surface area contributed by atoms with Crippen molar-refractivity contribution in [1.82, 2.24) is 14.3 Å².